The number of carboxylic acid groups (broad SMARTS) is 1. The van der Waals surface area contributed by atoms with Crippen molar-refractivity contribution in [2.24, 2.45) is 11.8 Å². The SMILES string of the molecule is CC(C)(C)OC(=O)CN1CCC(C(=O)O)CC1=O.COC(=O)C1CCN(CC(=O)OC(C)(C)C)C(=O)C1.[Li+].[OH-]. The van der Waals surface area contributed by atoms with Crippen LogP contribution in [-0.2, 0) is 43.0 Å². The number of hydrogen-bond donors (Lipinski definition) is 1. The number of amides is 2. The summed E-state index contributed by atoms with van der Waals surface area (Å²) in [5.41, 5.74) is -1.15. The van der Waals surface area contributed by atoms with E-state index >= 15 is 0 Å². The first kappa shape index (κ1) is 38.5. The topological polar surface area (TPSA) is 187 Å². The molecule has 0 radical (unpaired) electrons. The number of methoxy groups -OCH3 is 1. The third-order valence-electron chi connectivity index (χ3n) is 5.41. The van der Waals surface area contributed by atoms with Gasteiger partial charge >= 0.3 is 42.7 Å². The molecule has 2 aliphatic heterocycles. The monoisotopic (exact) mass is 552 g/mol. The average Bonchev–Trinajstić information content (AvgIpc) is 2.73. The number of piperidine rings is 2. The van der Waals surface area contributed by atoms with Crippen LogP contribution in [0.5, 0.6) is 0 Å². The minimum Gasteiger partial charge on any atom is -0.870 e. The Kier molecular flexibility index (Phi) is 16.3. The molecule has 14 heteroatoms. The van der Waals surface area contributed by atoms with Gasteiger partial charge in [0.2, 0.25) is 11.8 Å². The van der Waals surface area contributed by atoms with Gasteiger partial charge in [0.05, 0.1) is 18.9 Å². The van der Waals surface area contributed by atoms with Crippen LogP contribution in [0, 0.1) is 11.8 Å². The van der Waals surface area contributed by atoms with Crippen molar-refractivity contribution in [3.8, 4) is 0 Å². The minimum atomic E-state index is -0.958. The maximum Gasteiger partial charge on any atom is 1.00 e. The van der Waals surface area contributed by atoms with Crippen LogP contribution in [0.15, 0.2) is 0 Å². The summed E-state index contributed by atoms with van der Waals surface area (Å²) in [4.78, 5) is 71.6. The van der Waals surface area contributed by atoms with Gasteiger partial charge in [-0.1, -0.05) is 0 Å². The van der Waals surface area contributed by atoms with Crippen LogP contribution < -0.4 is 18.9 Å². The van der Waals surface area contributed by atoms with Crippen molar-refractivity contribution >= 4 is 35.7 Å². The number of esters is 3. The van der Waals surface area contributed by atoms with Gasteiger partial charge in [-0.25, -0.2) is 0 Å². The van der Waals surface area contributed by atoms with Gasteiger partial charge in [0, 0.05) is 25.9 Å². The fraction of sp³-hybridized carbons (Fsp3) is 0.760. The van der Waals surface area contributed by atoms with E-state index in [0.717, 1.165) is 0 Å². The van der Waals surface area contributed by atoms with Gasteiger partial charge in [-0.2, -0.15) is 0 Å². The van der Waals surface area contributed by atoms with Crippen LogP contribution in [0.4, 0.5) is 0 Å². The van der Waals surface area contributed by atoms with E-state index in [1.54, 1.807) is 41.5 Å². The fourth-order valence-electron chi connectivity index (χ4n) is 3.73. The van der Waals surface area contributed by atoms with Gasteiger partial charge in [-0.15, -0.1) is 0 Å². The van der Waals surface area contributed by atoms with Crippen LogP contribution in [0.25, 0.3) is 0 Å². The second-order valence-corrected chi connectivity index (χ2v) is 11.0. The van der Waals surface area contributed by atoms with E-state index in [0.29, 0.717) is 19.4 Å². The van der Waals surface area contributed by atoms with Gasteiger partial charge in [-0.3, -0.25) is 28.8 Å². The van der Waals surface area contributed by atoms with Crippen molar-refractivity contribution in [3.05, 3.63) is 0 Å². The summed E-state index contributed by atoms with van der Waals surface area (Å²) < 4.78 is 14.9. The smallest absolute Gasteiger partial charge is 0.870 e. The molecule has 2 saturated heterocycles. The quantitative estimate of drug-likeness (QED) is 0.223. The molecule has 0 bridgehead atoms. The predicted octanol–water partition coefficient (Wildman–Crippen LogP) is -1.78. The van der Waals surface area contributed by atoms with E-state index in [-0.39, 0.29) is 74.6 Å². The maximum atomic E-state index is 11.8. The van der Waals surface area contributed by atoms with Crippen molar-refractivity contribution in [3.63, 3.8) is 0 Å². The molecule has 2 unspecified atom stereocenters. The molecule has 0 aromatic rings. The van der Waals surface area contributed by atoms with E-state index in [1.807, 2.05) is 0 Å². The third kappa shape index (κ3) is 14.9. The zero-order valence-corrected chi connectivity index (χ0v) is 24.3. The summed E-state index contributed by atoms with van der Waals surface area (Å²) in [6.45, 7) is 11.1. The largest absolute Gasteiger partial charge is 1.00 e. The number of hydrogen-bond acceptors (Lipinski definition) is 10. The molecule has 218 valence electrons. The Bertz CT molecular complexity index is 880. The summed E-state index contributed by atoms with van der Waals surface area (Å²) in [7, 11) is 1.31. The van der Waals surface area contributed by atoms with E-state index in [2.05, 4.69) is 4.74 Å². The first-order valence-corrected chi connectivity index (χ1v) is 12.2. The third-order valence-corrected chi connectivity index (χ3v) is 5.41. The number of carbonyl (C=O) groups is 6. The maximum absolute atomic E-state index is 11.8. The Morgan fingerprint density at radius 1 is 0.795 bits per heavy atom. The Labute approximate surface area is 241 Å². The molecule has 2 rings (SSSR count). The standard InChI is InChI=1S/C13H21NO5.C12H19NO5.Li.H2O/c1-13(2,3)19-11(16)8-14-6-5-9(7-10(14)15)12(17)18-4;1-12(2,3)18-10(15)7-13-5-4-8(11(16)17)6-9(13)14;;/h9H,5-8H2,1-4H3;8H,4-7H2,1-3H3,(H,16,17);;1H2/q;;+1;/p-1. The molecule has 2 N–H and O–H groups in total. The van der Waals surface area contributed by atoms with Gasteiger partial charge in [0.25, 0.3) is 0 Å². The average molecular weight is 553 g/mol. The van der Waals surface area contributed by atoms with E-state index in [4.69, 9.17) is 14.6 Å². The van der Waals surface area contributed by atoms with Crippen molar-refractivity contribution in [2.45, 2.75) is 78.4 Å². The van der Waals surface area contributed by atoms with Gasteiger partial charge in [0.15, 0.2) is 0 Å². The van der Waals surface area contributed by atoms with E-state index < -0.39 is 40.9 Å². The summed E-state index contributed by atoms with van der Waals surface area (Å²) in [5.74, 6) is -3.78. The van der Waals surface area contributed by atoms with Crippen LogP contribution in [0.1, 0.15) is 67.2 Å². The predicted molar refractivity (Wildman–Crippen MR) is 132 cm³/mol. The number of nitrogens with zero attached hydrogens (tertiary/aromatic N) is 2. The minimum absolute atomic E-state index is 0. The first-order chi connectivity index (χ1) is 16.9. The Morgan fingerprint density at radius 3 is 1.46 bits per heavy atom. The molecule has 2 fully saturated rings. The van der Waals surface area contributed by atoms with Crippen molar-refractivity contribution in [1.29, 1.82) is 0 Å². The molecule has 39 heavy (non-hydrogen) atoms. The van der Waals surface area contributed by atoms with Crippen LogP contribution >= 0.6 is 0 Å². The zero-order chi connectivity index (χ0) is 28.6. The number of likely N-dealkylation sites (tertiary alicyclic amines) is 2. The number of carbonyl (C=O) groups excluding carboxylic acids is 5. The van der Waals surface area contributed by atoms with Gasteiger partial charge in [0.1, 0.15) is 24.3 Å². The van der Waals surface area contributed by atoms with E-state index in [1.165, 1.54) is 16.9 Å². The summed E-state index contributed by atoms with van der Waals surface area (Å²) in [5, 5.41) is 8.81. The second-order valence-electron chi connectivity index (χ2n) is 11.0. The van der Waals surface area contributed by atoms with E-state index in [9.17, 15) is 28.8 Å². The molecule has 2 aliphatic rings. The molecule has 2 heterocycles. The van der Waals surface area contributed by atoms with Crippen molar-refractivity contribution in [1.82, 2.24) is 9.80 Å². The molecule has 0 spiro atoms. The Hall–Kier alpha value is -2.62. The van der Waals surface area contributed by atoms with Gasteiger partial charge in [-0.05, 0) is 54.4 Å². The number of aliphatic carboxylic acids is 1. The molecule has 0 aromatic heterocycles. The second kappa shape index (κ2) is 16.5. The molecule has 0 aliphatic carbocycles. The van der Waals surface area contributed by atoms with Crippen LogP contribution in [-0.4, -0.2) is 101 Å². The molecule has 0 saturated carbocycles. The molecule has 13 nitrogen and oxygen atoms in total. The Balaban J connectivity index is 0. The van der Waals surface area contributed by atoms with Crippen LogP contribution in [0.3, 0.4) is 0 Å². The molecule has 2 amide bonds. The fourth-order valence-corrected chi connectivity index (χ4v) is 3.73. The normalized spacial score (nSPS) is 19.4. The molecular formula is C25H41LiN2O11. The zero-order valence-electron chi connectivity index (χ0n) is 24.3. The molecule has 0 aromatic carbocycles. The van der Waals surface area contributed by atoms with Crippen molar-refractivity contribution < 1.29 is 72.4 Å². The van der Waals surface area contributed by atoms with Gasteiger partial charge < -0.3 is 34.6 Å². The number of rotatable bonds is 6. The summed E-state index contributed by atoms with van der Waals surface area (Å²) >= 11 is 0. The molecule has 2 atom stereocenters. The molecular weight excluding hydrogens is 511 g/mol. The number of carboxylic acids is 1. The van der Waals surface area contributed by atoms with Crippen molar-refractivity contribution in [2.75, 3.05) is 33.3 Å². The Morgan fingerprint density at radius 2 is 1.15 bits per heavy atom. The summed E-state index contributed by atoms with van der Waals surface area (Å²) in [6, 6.07) is 0. The first-order valence-electron chi connectivity index (χ1n) is 12.2. The summed E-state index contributed by atoms with van der Waals surface area (Å²) in [6.07, 6.45) is 0.943. The van der Waals surface area contributed by atoms with Crippen LogP contribution in [0.2, 0.25) is 0 Å². The number of ether oxygens (including phenoxy) is 3.